The molecule has 0 aliphatic heterocycles. The molecule has 0 radical (unpaired) electrons. The topological polar surface area (TPSA) is 69.2 Å². The van der Waals surface area contributed by atoms with Crippen LogP contribution in [-0.2, 0) is 12.8 Å². The zero-order valence-electron chi connectivity index (χ0n) is 11.5. The minimum absolute atomic E-state index is 0.0225. The molecule has 1 atom stereocenters. The van der Waals surface area contributed by atoms with E-state index in [2.05, 4.69) is 0 Å². The van der Waals surface area contributed by atoms with Gasteiger partial charge in [0.1, 0.15) is 5.82 Å². The van der Waals surface area contributed by atoms with Crippen molar-refractivity contribution in [1.29, 1.82) is 0 Å². The van der Waals surface area contributed by atoms with E-state index in [4.69, 9.17) is 5.73 Å². The van der Waals surface area contributed by atoms with Crippen LogP contribution in [0.25, 0.3) is 0 Å². The fourth-order valence-corrected chi connectivity index (χ4v) is 2.16. The van der Waals surface area contributed by atoms with Gasteiger partial charge in [0.25, 0.3) is 5.69 Å². The fraction of sp³-hybridized carbons (Fsp3) is 0.250. The lowest BCUT2D eigenvalue weighted by atomic mass is 10.00. The molecule has 0 spiro atoms. The SMILES string of the molecule is NC(CCc1ccc([N+](=O)[O-])cc1)Cc1ccc(F)cc1. The Labute approximate surface area is 122 Å². The highest BCUT2D eigenvalue weighted by Gasteiger charge is 2.07. The molecule has 0 bridgehead atoms. The maximum atomic E-state index is 12.8. The van der Waals surface area contributed by atoms with E-state index in [1.807, 2.05) is 0 Å². The number of nitro groups is 1. The van der Waals surface area contributed by atoms with Crippen molar-refractivity contribution < 1.29 is 9.31 Å². The van der Waals surface area contributed by atoms with Crippen LogP contribution in [0.4, 0.5) is 10.1 Å². The van der Waals surface area contributed by atoms with Crippen LogP contribution >= 0.6 is 0 Å². The van der Waals surface area contributed by atoms with E-state index in [9.17, 15) is 14.5 Å². The molecule has 0 fully saturated rings. The number of nitrogens with two attached hydrogens (primary N) is 1. The summed E-state index contributed by atoms with van der Waals surface area (Å²) in [5, 5.41) is 10.6. The van der Waals surface area contributed by atoms with Crippen LogP contribution in [0.15, 0.2) is 48.5 Å². The van der Waals surface area contributed by atoms with Crippen molar-refractivity contribution in [2.45, 2.75) is 25.3 Å². The van der Waals surface area contributed by atoms with Crippen LogP contribution in [0.1, 0.15) is 17.5 Å². The van der Waals surface area contributed by atoms with Gasteiger partial charge in [0.2, 0.25) is 0 Å². The normalized spacial score (nSPS) is 12.1. The van der Waals surface area contributed by atoms with Crippen molar-refractivity contribution in [2.75, 3.05) is 0 Å². The fourth-order valence-electron chi connectivity index (χ4n) is 2.16. The Bertz CT molecular complexity index is 597. The van der Waals surface area contributed by atoms with E-state index in [0.717, 1.165) is 24.0 Å². The third kappa shape index (κ3) is 4.65. The number of halogens is 1. The highest BCUT2D eigenvalue weighted by Crippen LogP contribution is 2.14. The van der Waals surface area contributed by atoms with Gasteiger partial charge in [-0.05, 0) is 42.5 Å². The summed E-state index contributed by atoms with van der Waals surface area (Å²) in [6, 6.07) is 12.8. The van der Waals surface area contributed by atoms with Crippen LogP contribution in [0.3, 0.4) is 0 Å². The average molecular weight is 288 g/mol. The van der Waals surface area contributed by atoms with Gasteiger partial charge in [-0.2, -0.15) is 0 Å². The van der Waals surface area contributed by atoms with Gasteiger partial charge < -0.3 is 5.73 Å². The van der Waals surface area contributed by atoms with Gasteiger partial charge in [-0.3, -0.25) is 10.1 Å². The van der Waals surface area contributed by atoms with Crippen molar-refractivity contribution in [2.24, 2.45) is 5.73 Å². The molecule has 2 aromatic rings. The van der Waals surface area contributed by atoms with Gasteiger partial charge in [0.15, 0.2) is 0 Å². The molecule has 21 heavy (non-hydrogen) atoms. The summed E-state index contributed by atoms with van der Waals surface area (Å²) in [6.45, 7) is 0. The first-order chi connectivity index (χ1) is 10.0. The van der Waals surface area contributed by atoms with E-state index in [1.54, 1.807) is 24.3 Å². The van der Waals surface area contributed by atoms with Gasteiger partial charge in [0.05, 0.1) is 4.92 Å². The number of rotatable bonds is 6. The van der Waals surface area contributed by atoms with Crippen LogP contribution < -0.4 is 5.73 Å². The van der Waals surface area contributed by atoms with Crippen LogP contribution in [0.2, 0.25) is 0 Å². The Kier molecular flexibility index (Phi) is 5.00. The molecule has 110 valence electrons. The van der Waals surface area contributed by atoms with Crippen molar-refractivity contribution in [3.8, 4) is 0 Å². The van der Waals surface area contributed by atoms with Crippen LogP contribution in [-0.4, -0.2) is 11.0 Å². The Morgan fingerprint density at radius 2 is 1.62 bits per heavy atom. The van der Waals surface area contributed by atoms with Gasteiger partial charge in [-0.15, -0.1) is 0 Å². The quantitative estimate of drug-likeness (QED) is 0.655. The zero-order valence-corrected chi connectivity index (χ0v) is 11.5. The predicted octanol–water partition coefficient (Wildman–Crippen LogP) is 3.24. The summed E-state index contributed by atoms with van der Waals surface area (Å²) in [5.74, 6) is -0.252. The largest absolute Gasteiger partial charge is 0.327 e. The van der Waals surface area contributed by atoms with E-state index < -0.39 is 4.92 Å². The van der Waals surface area contributed by atoms with Crippen LogP contribution in [0, 0.1) is 15.9 Å². The molecule has 2 N–H and O–H groups in total. The summed E-state index contributed by atoms with van der Waals surface area (Å²) in [7, 11) is 0. The zero-order chi connectivity index (χ0) is 15.2. The molecule has 4 nitrogen and oxygen atoms in total. The molecule has 0 aromatic heterocycles. The number of hydrogen-bond acceptors (Lipinski definition) is 3. The predicted molar refractivity (Wildman–Crippen MR) is 79.5 cm³/mol. The first-order valence-electron chi connectivity index (χ1n) is 6.78. The second-order valence-corrected chi connectivity index (χ2v) is 5.05. The minimum Gasteiger partial charge on any atom is -0.327 e. The second kappa shape index (κ2) is 6.95. The van der Waals surface area contributed by atoms with E-state index in [0.29, 0.717) is 6.42 Å². The maximum Gasteiger partial charge on any atom is 0.269 e. The highest BCUT2D eigenvalue weighted by molar-refractivity contribution is 5.32. The van der Waals surface area contributed by atoms with Gasteiger partial charge in [0, 0.05) is 18.2 Å². The van der Waals surface area contributed by atoms with Crippen molar-refractivity contribution in [3.05, 3.63) is 75.6 Å². The number of nitro benzene ring substituents is 1. The lowest BCUT2D eigenvalue weighted by molar-refractivity contribution is -0.384. The number of nitrogens with zero attached hydrogens (tertiary/aromatic N) is 1. The van der Waals surface area contributed by atoms with Crippen molar-refractivity contribution in [3.63, 3.8) is 0 Å². The molecule has 2 rings (SSSR count). The summed E-state index contributed by atoms with van der Waals surface area (Å²) in [4.78, 5) is 10.2. The lowest BCUT2D eigenvalue weighted by Crippen LogP contribution is -2.23. The first kappa shape index (κ1) is 15.1. The van der Waals surface area contributed by atoms with E-state index in [-0.39, 0.29) is 17.5 Å². The third-order valence-corrected chi connectivity index (χ3v) is 3.36. The van der Waals surface area contributed by atoms with Gasteiger partial charge in [-0.1, -0.05) is 24.3 Å². The average Bonchev–Trinajstić information content (AvgIpc) is 2.48. The molecule has 0 amide bonds. The van der Waals surface area contributed by atoms with Crippen molar-refractivity contribution >= 4 is 5.69 Å². The summed E-state index contributed by atoms with van der Waals surface area (Å²) < 4.78 is 12.8. The van der Waals surface area contributed by atoms with Crippen molar-refractivity contribution in [1.82, 2.24) is 0 Å². The molecule has 0 aliphatic rings. The lowest BCUT2D eigenvalue weighted by Gasteiger charge is -2.11. The minimum atomic E-state index is -0.413. The summed E-state index contributed by atoms with van der Waals surface area (Å²) in [6.07, 6.45) is 2.23. The summed E-state index contributed by atoms with van der Waals surface area (Å²) in [5.41, 5.74) is 8.19. The Hall–Kier alpha value is -2.27. The number of aryl methyl sites for hydroxylation is 1. The van der Waals surface area contributed by atoms with E-state index in [1.165, 1.54) is 24.3 Å². The summed E-state index contributed by atoms with van der Waals surface area (Å²) >= 11 is 0. The highest BCUT2D eigenvalue weighted by atomic mass is 19.1. The molecule has 0 saturated carbocycles. The Morgan fingerprint density at radius 3 is 2.19 bits per heavy atom. The molecular formula is C16H17FN2O2. The van der Waals surface area contributed by atoms with E-state index >= 15 is 0 Å². The number of benzene rings is 2. The molecule has 0 aliphatic carbocycles. The molecule has 0 heterocycles. The van der Waals surface area contributed by atoms with Gasteiger partial charge >= 0.3 is 0 Å². The molecular weight excluding hydrogens is 271 g/mol. The Morgan fingerprint density at radius 1 is 1.05 bits per heavy atom. The molecule has 2 aromatic carbocycles. The Balaban J connectivity index is 1.84. The smallest absolute Gasteiger partial charge is 0.269 e. The van der Waals surface area contributed by atoms with Gasteiger partial charge in [-0.25, -0.2) is 4.39 Å². The standard InChI is InChI=1S/C16H17FN2O2/c17-14-6-1-13(2-7-14)11-15(18)8-3-12-4-9-16(10-5-12)19(20)21/h1-2,4-7,9-10,15H,3,8,11,18H2. The second-order valence-electron chi connectivity index (χ2n) is 5.05. The maximum absolute atomic E-state index is 12.8. The molecule has 0 saturated heterocycles. The molecule has 1 unspecified atom stereocenters. The first-order valence-corrected chi connectivity index (χ1v) is 6.78. The number of non-ortho nitro benzene ring substituents is 1. The monoisotopic (exact) mass is 288 g/mol. The molecule has 5 heteroatoms. The third-order valence-electron chi connectivity index (χ3n) is 3.36. The van der Waals surface area contributed by atoms with Crippen LogP contribution in [0.5, 0.6) is 0 Å². The number of hydrogen-bond donors (Lipinski definition) is 1.